The molecule has 1 atom stereocenters. The van der Waals surface area contributed by atoms with Crippen LogP contribution in [0.1, 0.15) is 17.4 Å². The monoisotopic (exact) mass is 273 g/mol. The zero-order valence-electron chi connectivity index (χ0n) is 11.1. The van der Waals surface area contributed by atoms with Gasteiger partial charge in [-0.1, -0.05) is 18.2 Å². The number of H-pyrrole nitrogens is 1. The van der Waals surface area contributed by atoms with E-state index in [4.69, 9.17) is 4.74 Å². The Kier molecular flexibility index (Phi) is 3.23. The minimum atomic E-state index is -0.285. The number of ether oxygens (including phenoxy) is 1. The number of hydrogen-bond donors (Lipinski definition) is 1. The van der Waals surface area contributed by atoms with Crippen LogP contribution in [0.5, 0.6) is 0 Å². The molecule has 1 unspecified atom stereocenters. The fourth-order valence-electron chi connectivity index (χ4n) is 2.44. The van der Waals surface area contributed by atoms with E-state index in [9.17, 15) is 9.59 Å². The molecular weight excluding hydrogens is 258 g/mol. The van der Waals surface area contributed by atoms with Gasteiger partial charge in [0.15, 0.2) is 5.69 Å². The summed E-state index contributed by atoms with van der Waals surface area (Å²) in [5, 5.41) is 7.40. The number of aromatic amines is 1. The molecule has 1 amide bonds. The van der Waals surface area contributed by atoms with Crippen LogP contribution in [0.15, 0.2) is 29.1 Å². The number of benzene rings is 1. The Hall–Kier alpha value is -2.21. The van der Waals surface area contributed by atoms with Crippen LogP contribution < -0.4 is 5.56 Å². The fraction of sp³-hybridized carbons (Fsp3) is 0.357. The number of rotatable bonds is 1. The first-order valence-corrected chi connectivity index (χ1v) is 6.54. The minimum Gasteiger partial charge on any atom is -0.377 e. The third-order valence-electron chi connectivity index (χ3n) is 3.53. The topological polar surface area (TPSA) is 75.3 Å². The SMILES string of the molecule is CC1COCCN1C(=O)c1n[nH]c(=O)c2ccccc12. The molecule has 1 aromatic carbocycles. The highest BCUT2D eigenvalue weighted by atomic mass is 16.5. The second-order valence-corrected chi connectivity index (χ2v) is 4.87. The second-order valence-electron chi connectivity index (χ2n) is 4.87. The summed E-state index contributed by atoms with van der Waals surface area (Å²) in [5.41, 5.74) is 0.00104. The molecule has 0 spiro atoms. The molecule has 0 aliphatic carbocycles. The Balaban J connectivity index is 2.08. The van der Waals surface area contributed by atoms with Gasteiger partial charge in [-0.3, -0.25) is 9.59 Å². The number of amides is 1. The molecular formula is C14H15N3O3. The first-order chi connectivity index (χ1) is 9.68. The lowest BCUT2D eigenvalue weighted by atomic mass is 10.1. The lowest BCUT2D eigenvalue weighted by Gasteiger charge is -2.33. The van der Waals surface area contributed by atoms with E-state index in [1.165, 1.54) is 0 Å². The van der Waals surface area contributed by atoms with Gasteiger partial charge in [0.05, 0.1) is 24.6 Å². The highest BCUT2D eigenvalue weighted by molar-refractivity contribution is 6.04. The minimum absolute atomic E-state index is 0.00346. The van der Waals surface area contributed by atoms with Crippen molar-refractivity contribution in [2.45, 2.75) is 13.0 Å². The maximum absolute atomic E-state index is 12.6. The van der Waals surface area contributed by atoms with Gasteiger partial charge >= 0.3 is 0 Å². The van der Waals surface area contributed by atoms with Crippen molar-refractivity contribution in [2.75, 3.05) is 19.8 Å². The quantitative estimate of drug-likeness (QED) is 0.833. The predicted octanol–water partition coefficient (Wildman–Crippen LogP) is 0.784. The summed E-state index contributed by atoms with van der Waals surface area (Å²) in [5.74, 6) is -0.173. The Labute approximate surface area is 115 Å². The Bertz CT molecular complexity index is 710. The highest BCUT2D eigenvalue weighted by Gasteiger charge is 2.27. The normalized spacial score (nSPS) is 19.2. The summed E-state index contributed by atoms with van der Waals surface area (Å²) in [6, 6.07) is 7.00. The van der Waals surface area contributed by atoms with E-state index in [0.717, 1.165) is 0 Å². The van der Waals surface area contributed by atoms with Crippen molar-refractivity contribution in [3.8, 4) is 0 Å². The van der Waals surface area contributed by atoms with Crippen molar-refractivity contribution in [3.63, 3.8) is 0 Å². The molecule has 2 heterocycles. The number of fused-ring (bicyclic) bond motifs is 1. The maximum Gasteiger partial charge on any atom is 0.275 e. The van der Waals surface area contributed by atoms with Crippen molar-refractivity contribution in [2.24, 2.45) is 0 Å². The molecule has 1 aromatic heterocycles. The van der Waals surface area contributed by atoms with Crippen LogP contribution in [0.25, 0.3) is 10.8 Å². The third kappa shape index (κ3) is 2.08. The summed E-state index contributed by atoms with van der Waals surface area (Å²) in [4.78, 5) is 26.1. The molecule has 0 bridgehead atoms. The van der Waals surface area contributed by atoms with Gasteiger partial charge < -0.3 is 9.64 Å². The molecule has 1 saturated heterocycles. The van der Waals surface area contributed by atoms with Gasteiger partial charge in [-0.25, -0.2) is 5.10 Å². The number of carbonyl (C=O) groups excluding carboxylic acids is 1. The molecule has 0 saturated carbocycles. The molecule has 1 fully saturated rings. The zero-order valence-corrected chi connectivity index (χ0v) is 11.1. The fourth-order valence-corrected chi connectivity index (χ4v) is 2.44. The summed E-state index contributed by atoms with van der Waals surface area (Å²) in [7, 11) is 0. The van der Waals surface area contributed by atoms with E-state index in [0.29, 0.717) is 30.5 Å². The molecule has 6 nitrogen and oxygen atoms in total. The lowest BCUT2D eigenvalue weighted by Crippen LogP contribution is -2.47. The van der Waals surface area contributed by atoms with Crippen LogP contribution in [-0.4, -0.2) is 46.8 Å². The van der Waals surface area contributed by atoms with Crippen LogP contribution in [0.3, 0.4) is 0 Å². The van der Waals surface area contributed by atoms with E-state index in [1.807, 2.05) is 6.92 Å². The summed E-state index contributed by atoms with van der Waals surface area (Å²) < 4.78 is 5.33. The van der Waals surface area contributed by atoms with Crippen LogP contribution in [0.4, 0.5) is 0 Å². The van der Waals surface area contributed by atoms with Gasteiger partial charge in [-0.05, 0) is 13.0 Å². The van der Waals surface area contributed by atoms with Crippen molar-refractivity contribution in [1.29, 1.82) is 0 Å². The first-order valence-electron chi connectivity index (χ1n) is 6.54. The predicted molar refractivity (Wildman–Crippen MR) is 73.7 cm³/mol. The number of nitrogens with one attached hydrogen (secondary N) is 1. The van der Waals surface area contributed by atoms with Crippen LogP contribution >= 0.6 is 0 Å². The van der Waals surface area contributed by atoms with E-state index in [-0.39, 0.29) is 23.2 Å². The van der Waals surface area contributed by atoms with Gasteiger partial charge in [0, 0.05) is 11.9 Å². The second kappa shape index (κ2) is 5.05. The number of hydrogen-bond acceptors (Lipinski definition) is 4. The molecule has 2 aromatic rings. The summed E-state index contributed by atoms with van der Waals surface area (Å²) >= 11 is 0. The van der Waals surface area contributed by atoms with Crippen LogP contribution in [0.2, 0.25) is 0 Å². The smallest absolute Gasteiger partial charge is 0.275 e. The summed E-state index contributed by atoms with van der Waals surface area (Å²) in [6.45, 7) is 3.52. The van der Waals surface area contributed by atoms with Crippen LogP contribution in [0, 0.1) is 0 Å². The van der Waals surface area contributed by atoms with Crippen LogP contribution in [-0.2, 0) is 4.74 Å². The maximum atomic E-state index is 12.6. The highest BCUT2D eigenvalue weighted by Crippen LogP contribution is 2.17. The third-order valence-corrected chi connectivity index (χ3v) is 3.53. The average molecular weight is 273 g/mol. The van der Waals surface area contributed by atoms with Crippen molar-refractivity contribution in [1.82, 2.24) is 15.1 Å². The summed E-state index contributed by atoms with van der Waals surface area (Å²) in [6.07, 6.45) is 0. The van der Waals surface area contributed by atoms with E-state index < -0.39 is 0 Å². The van der Waals surface area contributed by atoms with Crippen molar-refractivity contribution < 1.29 is 9.53 Å². The van der Waals surface area contributed by atoms with Gasteiger partial charge in [-0.15, -0.1) is 0 Å². The first kappa shape index (κ1) is 12.8. The van der Waals surface area contributed by atoms with E-state index >= 15 is 0 Å². The lowest BCUT2D eigenvalue weighted by molar-refractivity contribution is 0.00333. The van der Waals surface area contributed by atoms with Crippen molar-refractivity contribution >= 4 is 16.7 Å². The van der Waals surface area contributed by atoms with E-state index in [2.05, 4.69) is 10.2 Å². The van der Waals surface area contributed by atoms with Gasteiger partial charge in [0.2, 0.25) is 0 Å². The molecule has 1 aliphatic heterocycles. The molecule has 1 N–H and O–H groups in total. The Morgan fingerprint density at radius 2 is 2.15 bits per heavy atom. The molecule has 6 heteroatoms. The van der Waals surface area contributed by atoms with Gasteiger partial charge in [0.1, 0.15) is 0 Å². The largest absolute Gasteiger partial charge is 0.377 e. The molecule has 20 heavy (non-hydrogen) atoms. The number of carbonyl (C=O) groups is 1. The standard InChI is InChI=1S/C14H15N3O3/c1-9-8-20-7-6-17(9)14(19)12-10-4-2-3-5-11(10)13(18)16-15-12/h2-5,9H,6-8H2,1H3,(H,16,18). The van der Waals surface area contributed by atoms with Crippen molar-refractivity contribution in [3.05, 3.63) is 40.3 Å². The number of nitrogens with zero attached hydrogens (tertiary/aromatic N) is 2. The Morgan fingerprint density at radius 3 is 2.90 bits per heavy atom. The average Bonchev–Trinajstić information content (AvgIpc) is 2.48. The van der Waals surface area contributed by atoms with E-state index in [1.54, 1.807) is 29.2 Å². The molecule has 104 valence electrons. The zero-order chi connectivity index (χ0) is 14.1. The van der Waals surface area contributed by atoms with Gasteiger partial charge in [0.25, 0.3) is 11.5 Å². The molecule has 0 radical (unpaired) electrons. The molecule has 3 rings (SSSR count). The molecule has 1 aliphatic rings. The number of morpholine rings is 1. The Morgan fingerprint density at radius 1 is 1.40 bits per heavy atom. The number of aromatic nitrogens is 2. The van der Waals surface area contributed by atoms with Gasteiger partial charge in [-0.2, -0.15) is 5.10 Å².